The van der Waals surface area contributed by atoms with Crippen LogP contribution in [0.25, 0.3) is 142 Å². The van der Waals surface area contributed by atoms with Crippen molar-refractivity contribution in [3.8, 4) is 33.4 Å². The van der Waals surface area contributed by atoms with E-state index in [0.29, 0.717) is 55.6 Å². The zero-order chi connectivity index (χ0) is 66.2. The van der Waals surface area contributed by atoms with E-state index in [0.717, 1.165) is 48.7 Å². The van der Waals surface area contributed by atoms with E-state index in [2.05, 4.69) is 15.9 Å². The Morgan fingerprint density at radius 2 is 0.654 bits per heavy atom. The van der Waals surface area contributed by atoms with Crippen molar-refractivity contribution < 1.29 is 40.8 Å². The molecule has 0 radical (unpaired) electrons. The number of halogens is 1. The van der Waals surface area contributed by atoms with Crippen LogP contribution in [0.5, 0.6) is 0 Å². The largest absolute Gasteiger partial charge is 0.489 e. The molecule has 6 heteroatoms. The smallest absolute Gasteiger partial charge is 0.456 e. The third-order valence-electron chi connectivity index (χ3n) is 14.2. The fourth-order valence-electron chi connectivity index (χ4n) is 10.9. The normalized spacial score (nSPS) is 14.4. The van der Waals surface area contributed by atoms with Crippen molar-refractivity contribution in [2.45, 2.75) is 0 Å². The van der Waals surface area contributed by atoms with Crippen LogP contribution in [0, 0.1) is 0 Å². The molecule has 0 aliphatic heterocycles. The van der Waals surface area contributed by atoms with Gasteiger partial charge in [-0.05, 0) is 144 Å². The van der Waals surface area contributed by atoms with E-state index >= 15 is 0 Å². The van der Waals surface area contributed by atoms with Crippen LogP contribution in [-0.4, -0.2) is 17.2 Å². The molecule has 0 aliphatic rings. The van der Waals surface area contributed by atoms with Crippen molar-refractivity contribution in [1.29, 1.82) is 0 Å². The van der Waals surface area contributed by atoms with Gasteiger partial charge in [-0.3, -0.25) is 0 Å². The third kappa shape index (κ3) is 7.92. The molecule has 0 amide bonds. The van der Waals surface area contributed by atoms with Crippen LogP contribution < -0.4 is 5.46 Å². The summed E-state index contributed by atoms with van der Waals surface area (Å²) in [5.41, 5.74) is 5.90. The Hall–Kier alpha value is -9.30. The molecule has 0 saturated carbocycles. The van der Waals surface area contributed by atoms with E-state index in [4.69, 9.17) is 28.0 Å². The zero-order valence-electron chi connectivity index (χ0n) is 56.8. The van der Waals surface area contributed by atoms with Gasteiger partial charge in [-0.25, -0.2) is 0 Å². The fraction of sp³-hybridized carbons (Fsp3) is 0. The van der Waals surface area contributed by atoms with Gasteiger partial charge in [0.25, 0.3) is 0 Å². The summed E-state index contributed by atoms with van der Waals surface area (Å²) in [6.07, 6.45) is 0. The van der Waals surface area contributed by atoms with Crippen molar-refractivity contribution in [3.63, 3.8) is 0 Å². The molecule has 16 rings (SSSR count). The lowest BCUT2D eigenvalue weighted by Crippen LogP contribution is -2.30. The lowest BCUT2D eigenvalue weighted by molar-refractivity contribution is 0.426. The maximum absolute atomic E-state index is 9.57. The minimum Gasteiger partial charge on any atom is -0.456 e. The van der Waals surface area contributed by atoms with E-state index < -0.39 is 55.5 Å². The molecule has 0 spiro atoms. The molecule has 2 heterocycles. The molecule has 0 bridgehead atoms. The molecule has 0 atom stereocenters. The van der Waals surface area contributed by atoms with Gasteiger partial charge in [0.2, 0.25) is 0 Å². The molecule has 78 heavy (non-hydrogen) atoms. The van der Waals surface area contributed by atoms with Gasteiger partial charge >= 0.3 is 7.12 Å². The second-order valence-electron chi connectivity index (χ2n) is 18.5. The second-order valence-corrected chi connectivity index (χ2v) is 19.3. The Bertz CT molecular complexity index is 5780. The first-order valence-electron chi connectivity index (χ1n) is 32.8. The molecule has 2 aromatic heterocycles. The van der Waals surface area contributed by atoms with Gasteiger partial charge in [0, 0.05) is 26.0 Å². The quantitative estimate of drug-likeness (QED) is 0.136. The number of para-hydroxylation sites is 2. The first-order chi connectivity index (χ1) is 45.1. The molecule has 14 aromatic carbocycles. The van der Waals surface area contributed by atoms with Gasteiger partial charge < -0.3 is 18.9 Å². The summed E-state index contributed by atoms with van der Waals surface area (Å²) in [4.78, 5) is 0. The summed E-state index contributed by atoms with van der Waals surface area (Å²) in [5.74, 6) is 0. The van der Waals surface area contributed by atoms with Gasteiger partial charge in [0.15, 0.2) is 0 Å². The fourth-order valence-corrected chi connectivity index (χ4v) is 11.5. The summed E-state index contributed by atoms with van der Waals surface area (Å²) in [7, 11) is -1.52. The Morgan fingerprint density at radius 1 is 0.321 bits per heavy atom. The van der Waals surface area contributed by atoms with Crippen LogP contribution >= 0.6 is 15.9 Å². The Kier molecular flexibility index (Phi) is 8.33. The second kappa shape index (κ2) is 19.7. The molecule has 16 aromatic rings. The molecule has 4 nitrogen and oxygen atoms in total. The monoisotopic (exact) mass is 1080 g/mol. The van der Waals surface area contributed by atoms with Crippen molar-refractivity contribution in [2.75, 3.05) is 0 Å². The van der Waals surface area contributed by atoms with Crippen molar-refractivity contribution >= 4 is 137 Å². The van der Waals surface area contributed by atoms with Gasteiger partial charge in [-0.1, -0.05) is 242 Å². The third-order valence-corrected chi connectivity index (χ3v) is 15.0. The molecular weight excluding hydrogens is 1020 g/mol. The van der Waals surface area contributed by atoms with Crippen LogP contribution in [0.1, 0.15) is 21.9 Å². The molecule has 0 fully saturated rings. The summed E-state index contributed by atoms with van der Waals surface area (Å²) >= 11 is 3.38. The molecule has 0 aliphatic carbocycles. The van der Waals surface area contributed by atoms with Crippen LogP contribution in [0.15, 0.2) is 280 Å². The maximum Gasteiger partial charge on any atom is 0.489 e. The van der Waals surface area contributed by atoms with E-state index in [-0.39, 0.29) is 95.9 Å². The van der Waals surface area contributed by atoms with Crippen LogP contribution in [0.2, 0.25) is 0 Å². The van der Waals surface area contributed by atoms with Crippen molar-refractivity contribution in [3.05, 3.63) is 271 Å². The molecular formula is C72H46BBrO4. The van der Waals surface area contributed by atoms with E-state index in [1.165, 1.54) is 0 Å². The van der Waals surface area contributed by atoms with Crippen molar-refractivity contribution in [2.24, 2.45) is 0 Å². The first kappa shape index (κ1) is 33.0. The SMILES string of the molecule is OB(O)c1cc2oc3ccccc3c2c2ccccc12.[2H]c1c([2H])c([2H])c2c(-c3cc4oc5ccccc5c4c4ccccc34)c3c([2H])c([2H])c([2H])c([2H])c3c(-c3ccccc3)c2c1[2H].[2H]c1c([2H])c([2H])c2c(-c3ccccc3)c3c([2H])c([2H])c([2H])c([2H])c3c(Br)c2c1[2H]. The van der Waals surface area contributed by atoms with Gasteiger partial charge in [-0.2, -0.15) is 0 Å². The minimum absolute atomic E-state index is 0.179. The summed E-state index contributed by atoms with van der Waals surface area (Å²) < 4.78 is 150. The minimum atomic E-state index is -1.52. The Labute approximate surface area is 480 Å². The highest BCUT2D eigenvalue weighted by Gasteiger charge is 2.22. The van der Waals surface area contributed by atoms with Gasteiger partial charge in [0.05, 0.1) is 21.9 Å². The highest BCUT2D eigenvalue weighted by molar-refractivity contribution is 9.10. The zero-order valence-corrected chi connectivity index (χ0v) is 42.4. The molecule has 368 valence electrons. The highest BCUT2D eigenvalue weighted by atomic mass is 79.9. The summed E-state index contributed by atoms with van der Waals surface area (Å²) in [6, 6.07) is 46.8. The first-order valence-corrected chi connectivity index (χ1v) is 25.6. The average Bonchev–Trinajstić information content (AvgIpc) is 0.812. The van der Waals surface area contributed by atoms with E-state index in [1.807, 2.05) is 109 Å². The number of rotatable bonds is 4. The number of hydrogen-bond donors (Lipinski definition) is 2. The molecule has 0 saturated heterocycles. The predicted octanol–water partition coefficient (Wildman–Crippen LogP) is 19.2. The van der Waals surface area contributed by atoms with Gasteiger partial charge in [0.1, 0.15) is 22.3 Å². The van der Waals surface area contributed by atoms with Crippen molar-refractivity contribution in [1.82, 2.24) is 0 Å². The summed E-state index contributed by atoms with van der Waals surface area (Å²) in [6.45, 7) is 0. The standard InChI is InChI=1S/C36H22O.C20H13Br.C16H11BO3/c1-2-12-23(13-3-1)34-26-16-6-8-18-28(26)35(29-19-9-7-17-27(29)34)31-22-33-36(25-15-5-4-14-24(25)31)30-20-10-11-21-32(30)37-33;21-20-17-12-6-4-10-15(17)19(14-8-2-1-3-9-14)16-11-5-7-13-18(16)20;18-17(19)13-9-15-16(11-6-2-1-5-10(11)13)12-7-3-4-8-14(12)20-15/h1-22H;1-13H;1-9,18-19H/i6D,7D,8D,9D,16D,17D,18D,19D;4D,5D,6D,7D,10D,11D,12D,13D;. The topological polar surface area (TPSA) is 66.7 Å². The number of hydrogen-bond acceptors (Lipinski definition) is 4. The average molecular weight is 1080 g/mol. The Balaban J connectivity index is 0.000000133. The van der Waals surface area contributed by atoms with E-state index in [9.17, 15) is 12.8 Å². The number of fused-ring (bicyclic) bond motifs is 14. The maximum atomic E-state index is 9.57. The highest BCUT2D eigenvalue weighted by Crippen LogP contribution is 2.48. The van der Waals surface area contributed by atoms with E-state index in [1.54, 1.807) is 60.7 Å². The molecule has 2 N–H and O–H groups in total. The lowest BCUT2D eigenvalue weighted by atomic mass is 9.76. The van der Waals surface area contributed by atoms with Crippen LogP contribution in [0.4, 0.5) is 0 Å². The Morgan fingerprint density at radius 3 is 1.10 bits per heavy atom. The van der Waals surface area contributed by atoms with Crippen LogP contribution in [-0.2, 0) is 0 Å². The van der Waals surface area contributed by atoms with Crippen LogP contribution in [0.3, 0.4) is 0 Å². The molecule has 0 unspecified atom stereocenters. The number of furan rings is 2. The van der Waals surface area contributed by atoms with Gasteiger partial charge in [-0.15, -0.1) is 0 Å². The lowest BCUT2D eigenvalue weighted by Gasteiger charge is -2.19. The number of benzene rings is 14. The summed E-state index contributed by atoms with van der Waals surface area (Å²) in [5, 5.41) is 28.0. The predicted molar refractivity (Wildman–Crippen MR) is 333 cm³/mol.